The molecule has 0 amide bonds. The van der Waals surface area contributed by atoms with Crippen LogP contribution in [0.3, 0.4) is 0 Å². The van der Waals surface area contributed by atoms with E-state index in [2.05, 4.69) is 6.92 Å². The highest BCUT2D eigenvalue weighted by Crippen LogP contribution is 2.35. The van der Waals surface area contributed by atoms with Gasteiger partial charge < -0.3 is 15.4 Å². The van der Waals surface area contributed by atoms with Crippen LogP contribution < -0.4 is 0 Å². The molecule has 2 N–H and O–H groups in total. The molecule has 23 heavy (non-hydrogen) atoms. The lowest BCUT2D eigenvalue weighted by Gasteiger charge is -2.39. The maximum Gasteiger partial charge on any atom is 0.175 e. The maximum absolute atomic E-state index is 12.9. The second-order valence-electron chi connectivity index (χ2n) is 6.87. The lowest BCUT2D eigenvalue weighted by atomic mass is 9.77. The van der Waals surface area contributed by atoms with Crippen molar-refractivity contribution in [2.75, 3.05) is 6.61 Å². The molecule has 0 aliphatic carbocycles. The lowest BCUT2D eigenvalue weighted by Crippen LogP contribution is -2.50. The smallest absolute Gasteiger partial charge is 0.175 e. The largest absolute Gasteiger partial charge is 0.623 e. The highest BCUT2D eigenvalue weighted by Gasteiger charge is 2.44. The molecular weight excluding hydrogens is 290 g/mol. The molecule has 1 aromatic rings. The molecule has 0 radical (unpaired) electrons. The van der Waals surface area contributed by atoms with E-state index in [1.807, 2.05) is 37.3 Å². The van der Waals surface area contributed by atoms with Gasteiger partial charge in [0, 0.05) is 25.7 Å². The van der Waals surface area contributed by atoms with Crippen LogP contribution >= 0.6 is 0 Å². The Balaban J connectivity index is 2.21. The van der Waals surface area contributed by atoms with E-state index in [1.54, 1.807) is 0 Å². The predicted molar refractivity (Wildman–Crippen MR) is 92.4 cm³/mol. The SMILES string of the molecule is CCCC(CO)[C@]1(C)CCCC(CC(O)c2ccccc2)=[N+]1[O-]. The van der Waals surface area contributed by atoms with E-state index in [4.69, 9.17) is 0 Å². The average molecular weight is 319 g/mol. The van der Waals surface area contributed by atoms with Crippen LogP contribution in [0.15, 0.2) is 30.3 Å². The van der Waals surface area contributed by atoms with Gasteiger partial charge in [-0.05, 0) is 18.4 Å². The molecule has 3 atom stereocenters. The normalized spacial score (nSPS) is 24.5. The number of hydrogen-bond donors (Lipinski definition) is 2. The van der Waals surface area contributed by atoms with Crippen LogP contribution in [0, 0.1) is 11.1 Å². The standard InChI is InChI=1S/C19H29NO3/c1-3-8-16(14-21)19(2)12-7-11-17(20(19)23)13-18(22)15-9-5-4-6-10-15/h4-6,9-10,16,18,21-22H,3,7-8,11-14H2,1-2H3/t16?,18?,19-/m0/s1. The summed E-state index contributed by atoms with van der Waals surface area (Å²) in [7, 11) is 0. The van der Waals surface area contributed by atoms with Gasteiger partial charge in [-0.1, -0.05) is 43.7 Å². The third-order valence-corrected chi connectivity index (χ3v) is 5.25. The van der Waals surface area contributed by atoms with E-state index in [0.717, 1.165) is 48.1 Å². The fraction of sp³-hybridized carbons (Fsp3) is 0.632. The molecule has 2 rings (SSSR count). The predicted octanol–water partition coefficient (Wildman–Crippen LogP) is 3.41. The van der Waals surface area contributed by atoms with Crippen molar-refractivity contribution in [2.45, 2.75) is 64.0 Å². The Morgan fingerprint density at radius 1 is 1.30 bits per heavy atom. The quantitative estimate of drug-likeness (QED) is 0.598. The number of nitrogens with zero attached hydrogens (tertiary/aromatic N) is 1. The second-order valence-corrected chi connectivity index (χ2v) is 6.87. The third-order valence-electron chi connectivity index (χ3n) is 5.25. The first-order valence-corrected chi connectivity index (χ1v) is 8.68. The van der Waals surface area contributed by atoms with Crippen molar-refractivity contribution in [3.05, 3.63) is 41.1 Å². The van der Waals surface area contributed by atoms with E-state index in [0.29, 0.717) is 6.42 Å². The summed E-state index contributed by atoms with van der Waals surface area (Å²) in [6, 6.07) is 9.47. The Morgan fingerprint density at radius 3 is 2.61 bits per heavy atom. The molecule has 2 unspecified atom stereocenters. The van der Waals surface area contributed by atoms with Crippen molar-refractivity contribution >= 4 is 5.71 Å². The van der Waals surface area contributed by atoms with Crippen molar-refractivity contribution in [1.82, 2.24) is 0 Å². The minimum atomic E-state index is -0.649. The van der Waals surface area contributed by atoms with Gasteiger partial charge in [0.05, 0.1) is 19.1 Å². The molecule has 0 fully saturated rings. The van der Waals surface area contributed by atoms with Crippen LogP contribution in [0.5, 0.6) is 0 Å². The van der Waals surface area contributed by atoms with Gasteiger partial charge in [0.1, 0.15) is 0 Å². The number of hydrogen-bond acceptors (Lipinski definition) is 3. The molecule has 0 spiro atoms. The molecule has 1 heterocycles. The van der Waals surface area contributed by atoms with Gasteiger partial charge in [-0.15, -0.1) is 0 Å². The maximum atomic E-state index is 12.9. The van der Waals surface area contributed by atoms with Gasteiger partial charge in [-0.2, -0.15) is 0 Å². The summed E-state index contributed by atoms with van der Waals surface area (Å²) >= 11 is 0. The Labute approximate surface area is 139 Å². The third kappa shape index (κ3) is 3.93. The molecule has 0 saturated heterocycles. The highest BCUT2D eigenvalue weighted by molar-refractivity contribution is 5.81. The van der Waals surface area contributed by atoms with E-state index in [1.165, 1.54) is 0 Å². The van der Waals surface area contributed by atoms with Crippen molar-refractivity contribution in [3.63, 3.8) is 0 Å². The first kappa shape index (κ1) is 18.0. The van der Waals surface area contributed by atoms with Crippen molar-refractivity contribution in [2.24, 2.45) is 5.92 Å². The zero-order valence-corrected chi connectivity index (χ0v) is 14.2. The molecule has 1 aliphatic heterocycles. The molecule has 1 aromatic carbocycles. The van der Waals surface area contributed by atoms with E-state index in [9.17, 15) is 15.4 Å². The topological polar surface area (TPSA) is 66.5 Å². The number of hydroxylamine groups is 1. The molecule has 0 saturated carbocycles. The van der Waals surface area contributed by atoms with E-state index in [-0.39, 0.29) is 12.5 Å². The van der Waals surface area contributed by atoms with Gasteiger partial charge in [0.25, 0.3) is 0 Å². The summed E-state index contributed by atoms with van der Waals surface area (Å²) in [6.45, 7) is 4.08. The van der Waals surface area contributed by atoms with Gasteiger partial charge >= 0.3 is 0 Å². The van der Waals surface area contributed by atoms with E-state index < -0.39 is 11.6 Å². The molecule has 128 valence electrons. The Morgan fingerprint density at radius 2 is 2.00 bits per heavy atom. The molecule has 1 aliphatic rings. The molecule has 4 nitrogen and oxygen atoms in total. The Hall–Kier alpha value is -1.39. The summed E-state index contributed by atoms with van der Waals surface area (Å²) in [6.07, 6.45) is 3.99. The van der Waals surface area contributed by atoms with Gasteiger partial charge in [-0.25, -0.2) is 4.74 Å². The Bertz CT molecular complexity index is 529. The van der Waals surface area contributed by atoms with Crippen LogP contribution in [0.25, 0.3) is 0 Å². The number of aliphatic hydroxyl groups excluding tert-OH is 2. The van der Waals surface area contributed by atoms with Crippen molar-refractivity contribution < 1.29 is 15.0 Å². The summed E-state index contributed by atoms with van der Waals surface area (Å²) in [5.74, 6) is -0.0193. The van der Waals surface area contributed by atoms with Gasteiger partial charge in [0.2, 0.25) is 0 Å². The summed E-state index contributed by atoms with van der Waals surface area (Å²) in [5.41, 5.74) is 1.03. The van der Waals surface area contributed by atoms with Crippen molar-refractivity contribution in [3.8, 4) is 0 Å². The first-order chi connectivity index (χ1) is 11.0. The zero-order valence-electron chi connectivity index (χ0n) is 14.2. The number of aliphatic hydroxyl groups is 2. The van der Waals surface area contributed by atoms with E-state index >= 15 is 0 Å². The number of rotatable bonds is 7. The Kier molecular flexibility index (Phi) is 6.19. The monoisotopic (exact) mass is 319 g/mol. The molecule has 0 aromatic heterocycles. The van der Waals surface area contributed by atoms with Crippen LogP contribution in [0.4, 0.5) is 0 Å². The fourth-order valence-electron chi connectivity index (χ4n) is 3.73. The minimum absolute atomic E-state index is 0.0193. The van der Waals surface area contributed by atoms with Crippen LogP contribution in [-0.2, 0) is 0 Å². The number of benzene rings is 1. The fourth-order valence-corrected chi connectivity index (χ4v) is 3.73. The second kappa shape index (κ2) is 7.93. The molecule has 4 heteroatoms. The molecule has 0 bridgehead atoms. The molecular formula is C19H29NO3. The van der Waals surface area contributed by atoms with Crippen LogP contribution in [-0.4, -0.2) is 32.8 Å². The highest BCUT2D eigenvalue weighted by atomic mass is 16.5. The van der Waals surface area contributed by atoms with Crippen LogP contribution in [0.2, 0.25) is 0 Å². The van der Waals surface area contributed by atoms with Gasteiger partial charge in [0.15, 0.2) is 11.3 Å². The summed E-state index contributed by atoms with van der Waals surface area (Å²) < 4.78 is 1.11. The van der Waals surface area contributed by atoms with Gasteiger partial charge in [-0.3, -0.25) is 0 Å². The summed E-state index contributed by atoms with van der Waals surface area (Å²) in [4.78, 5) is 0. The average Bonchev–Trinajstić information content (AvgIpc) is 2.57. The zero-order chi connectivity index (χ0) is 16.9. The van der Waals surface area contributed by atoms with Crippen molar-refractivity contribution in [1.29, 1.82) is 0 Å². The minimum Gasteiger partial charge on any atom is -0.623 e. The summed E-state index contributed by atoms with van der Waals surface area (Å²) in [5, 5.41) is 33.1. The lowest BCUT2D eigenvalue weighted by molar-refractivity contribution is -0.566. The first-order valence-electron chi connectivity index (χ1n) is 8.68. The van der Waals surface area contributed by atoms with Crippen LogP contribution in [0.1, 0.15) is 64.0 Å².